The Morgan fingerprint density at radius 3 is 1.17 bits per heavy atom. The van der Waals surface area contributed by atoms with Gasteiger partial charge in [-0.1, -0.05) is 337 Å². The number of carbonyl (C=O) groups excluding carboxylic acids is 2. The summed E-state index contributed by atoms with van der Waals surface area (Å²) < 4.78 is 18.4. The maximum absolute atomic E-state index is 13.3. The molecule has 8 nitrogen and oxygen atoms in total. The second kappa shape index (κ2) is 46.5. The van der Waals surface area contributed by atoms with Crippen LogP contribution in [0.4, 0.5) is 5.69 Å². The van der Waals surface area contributed by atoms with Crippen LogP contribution in [-0.4, -0.2) is 38.2 Å². The fourth-order valence-electron chi connectivity index (χ4n) is 12.8. The standard InChI is InChI=1S/C80H119N3O5/c1-3-5-7-9-11-13-15-17-19-21-23-25-27-29-31-33-35-37-39-47-59-86-70-61-67(62-71(63-70)87-60-48-40-38-36-34-32-30-28-26-24-22-20-18-16-14-12-10-8-6-4-2)66-88-79(84)65-81-80(85)69-57-55-68(56-58-69)72-49-45-46-54-78(72)83-82-64-77-75-52-43-41-50-73(75)74-51-42-44-53-76(74)77/h41-46,49-58,61-63,77,82-83H,3-40,47-48,59-60,64-66H2,1-2H3,(H,81,85). The van der Waals surface area contributed by atoms with E-state index < -0.39 is 5.97 Å². The quantitative estimate of drug-likeness (QED) is 0.0203. The number of amides is 1. The van der Waals surface area contributed by atoms with E-state index in [9.17, 15) is 9.59 Å². The third kappa shape index (κ3) is 29.4. The molecule has 0 unspecified atom stereocenters. The highest BCUT2D eigenvalue weighted by Gasteiger charge is 2.27. The summed E-state index contributed by atoms with van der Waals surface area (Å²) >= 11 is 0. The van der Waals surface area contributed by atoms with Gasteiger partial charge >= 0.3 is 5.97 Å². The average Bonchev–Trinajstić information content (AvgIpc) is 2.92. The third-order valence-corrected chi connectivity index (χ3v) is 18.1. The van der Waals surface area contributed by atoms with E-state index in [-0.39, 0.29) is 25.0 Å². The number of benzene rings is 5. The Kier molecular flexibility index (Phi) is 37.8. The summed E-state index contributed by atoms with van der Waals surface area (Å²) in [5.74, 6) is 0.857. The monoisotopic (exact) mass is 1200 g/mol. The highest BCUT2D eigenvalue weighted by Crippen LogP contribution is 2.44. The normalized spacial score (nSPS) is 11.8. The van der Waals surface area contributed by atoms with Gasteiger partial charge in [-0.2, -0.15) is 0 Å². The van der Waals surface area contributed by atoms with Crippen LogP contribution in [0.3, 0.4) is 0 Å². The molecule has 1 amide bonds. The van der Waals surface area contributed by atoms with Crippen LogP contribution in [0.25, 0.3) is 22.3 Å². The molecule has 8 heteroatoms. The molecule has 0 saturated heterocycles. The molecule has 0 bridgehead atoms. The molecule has 0 radical (unpaired) electrons. The van der Waals surface area contributed by atoms with Gasteiger partial charge in [-0.3, -0.25) is 9.59 Å². The molecule has 1 aliphatic rings. The zero-order valence-electron chi connectivity index (χ0n) is 55.4. The predicted octanol–water partition coefficient (Wildman–Crippen LogP) is 23.0. The largest absolute Gasteiger partial charge is 0.493 e. The number of rotatable bonds is 54. The molecule has 5 aromatic carbocycles. The van der Waals surface area contributed by atoms with E-state index in [2.05, 4.69) is 90.7 Å². The number of ether oxygens (including phenoxy) is 3. The summed E-state index contributed by atoms with van der Waals surface area (Å²) in [5.41, 5.74) is 16.4. The van der Waals surface area contributed by atoms with Gasteiger partial charge in [0.2, 0.25) is 0 Å². The average molecular weight is 1200 g/mol. The van der Waals surface area contributed by atoms with E-state index in [0.29, 0.717) is 18.8 Å². The number of carbonyl (C=O) groups is 2. The van der Waals surface area contributed by atoms with Gasteiger partial charge in [0.1, 0.15) is 24.7 Å². The smallest absolute Gasteiger partial charge is 0.325 e. The lowest BCUT2D eigenvalue weighted by molar-refractivity contribution is -0.143. The van der Waals surface area contributed by atoms with Crippen molar-refractivity contribution in [1.29, 1.82) is 0 Å². The first-order valence-electron chi connectivity index (χ1n) is 36.2. The maximum Gasteiger partial charge on any atom is 0.325 e. The van der Waals surface area contributed by atoms with Crippen molar-refractivity contribution in [2.75, 3.05) is 31.7 Å². The molecule has 0 saturated carbocycles. The van der Waals surface area contributed by atoms with Crippen LogP contribution in [0.1, 0.15) is 304 Å². The fourth-order valence-corrected chi connectivity index (χ4v) is 12.8. The summed E-state index contributed by atoms with van der Waals surface area (Å²) in [5, 5.41) is 2.77. The van der Waals surface area contributed by atoms with Crippen molar-refractivity contribution in [3.05, 3.63) is 138 Å². The molecular formula is C80H119N3O5. The second-order valence-electron chi connectivity index (χ2n) is 25.6. The minimum atomic E-state index is -0.510. The van der Waals surface area contributed by atoms with Crippen LogP contribution in [0, 0.1) is 0 Å². The lowest BCUT2D eigenvalue weighted by Gasteiger charge is -2.18. The number of unbranched alkanes of at least 4 members (excludes halogenated alkanes) is 38. The summed E-state index contributed by atoms with van der Waals surface area (Å²) in [6.07, 6.45) is 54.4. The molecule has 0 fully saturated rings. The number of para-hydroxylation sites is 1. The van der Waals surface area contributed by atoms with Crippen molar-refractivity contribution in [2.45, 2.75) is 283 Å². The number of nitrogens with one attached hydrogen (secondary N) is 3. The van der Waals surface area contributed by atoms with Crippen LogP contribution < -0.4 is 25.6 Å². The van der Waals surface area contributed by atoms with Crippen LogP contribution in [0.2, 0.25) is 0 Å². The first-order chi connectivity index (χ1) is 43.5. The number of esters is 1. The van der Waals surface area contributed by atoms with E-state index in [4.69, 9.17) is 14.2 Å². The summed E-state index contributed by atoms with van der Waals surface area (Å²) in [6, 6.07) is 38.8. The van der Waals surface area contributed by atoms with Gasteiger partial charge in [0.05, 0.1) is 18.9 Å². The summed E-state index contributed by atoms with van der Waals surface area (Å²) in [6.45, 7) is 6.40. The molecule has 0 heterocycles. The van der Waals surface area contributed by atoms with Crippen molar-refractivity contribution in [3.63, 3.8) is 0 Å². The van der Waals surface area contributed by atoms with Gasteiger partial charge in [-0.15, -0.1) is 0 Å². The fraction of sp³-hybridized carbons (Fsp3) is 0.600. The van der Waals surface area contributed by atoms with Crippen LogP contribution in [-0.2, 0) is 16.1 Å². The Labute approximate surface area is 535 Å². The van der Waals surface area contributed by atoms with Gasteiger partial charge < -0.3 is 25.0 Å². The Bertz CT molecular complexity index is 2490. The highest BCUT2D eigenvalue weighted by molar-refractivity contribution is 5.96. The molecule has 484 valence electrons. The number of anilines is 1. The Morgan fingerprint density at radius 1 is 0.398 bits per heavy atom. The van der Waals surface area contributed by atoms with Crippen LogP contribution >= 0.6 is 0 Å². The molecule has 5 aromatic rings. The maximum atomic E-state index is 13.3. The zero-order chi connectivity index (χ0) is 61.6. The number of hydrazine groups is 1. The lowest BCUT2D eigenvalue weighted by Crippen LogP contribution is -2.30. The van der Waals surface area contributed by atoms with Crippen LogP contribution in [0.15, 0.2) is 115 Å². The van der Waals surface area contributed by atoms with E-state index in [0.717, 1.165) is 66.1 Å². The topological polar surface area (TPSA) is 97.9 Å². The molecule has 0 aromatic heterocycles. The first-order valence-corrected chi connectivity index (χ1v) is 36.2. The van der Waals surface area contributed by atoms with Gasteiger partial charge in [-0.05, 0) is 76.6 Å². The minimum Gasteiger partial charge on any atom is -0.493 e. The number of fused-ring (bicyclic) bond motifs is 3. The Balaban J connectivity index is 0.862. The molecule has 3 N–H and O–H groups in total. The summed E-state index contributed by atoms with van der Waals surface area (Å²) in [7, 11) is 0. The second-order valence-corrected chi connectivity index (χ2v) is 25.6. The van der Waals surface area contributed by atoms with Crippen LogP contribution in [0.5, 0.6) is 11.5 Å². The lowest BCUT2D eigenvalue weighted by atomic mass is 9.97. The molecule has 0 atom stereocenters. The molecule has 1 aliphatic carbocycles. The van der Waals surface area contributed by atoms with Crippen molar-refractivity contribution < 1.29 is 23.8 Å². The Hall–Kier alpha value is -5.60. The van der Waals surface area contributed by atoms with E-state index in [1.54, 1.807) is 12.1 Å². The van der Waals surface area contributed by atoms with Gasteiger partial charge in [0.15, 0.2) is 0 Å². The third-order valence-electron chi connectivity index (χ3n) is 18.1. The zero-order valence-corrected chi connectivity index (χ0v) is 55.4. The van der Waals surface area contributed by atoms with Gasteiger partial charge in [0, 0.05) is 29.7 Å². The molecule has 0 spiro atoms. The first kappa shape index (κ1) is 71.5. The molecular weight excluding hydrogens is 1080 g/mol. The SMILES string of the molecule is CCCCCCCCCCCCCCCCCCCCCCOc1cc(COC(=O)CNC(=O)c2ccc(-c3ccccc3NNCC3c4ccccc4-c4ccccc43)cc2)cc(OCCCCCCCCCCCCCCCCCCCCCC)c1. The number of hydrogen-bond donors (Lipinski definition) is 3. The van der Waals surface area contributed by atoms with Crippen molar-refractivity contribution in [3.8, 4) is 33.8 Å². The van der Waals surface area contributed by atoms with Crippen molar-refractivity contribution in [2.24, 2.45) is 0 Å². The van der Waals surface area contributed by atoms with E-state index in [1.807, 2.05) is 42.5 Å². The molecule has 0 aliphatic heterocycles. The molecule has 6 rings (SSSR count). The highest BCUT2D eigenvalue weighted by atomic mass is 16.5. The predicted molar refractivity (Wildman–Crippen MR) is 373 cm³/mol. The molecule has 88 heavy (non-hydrogen) atoms. The Morgan fingerprint density at radius 2 is 0.761 bits per heavy atom. The minimum absolute atomic E-state index is 0.0547. The van der Waals surface area contributed by atoms with Crippen molar-refractivity contribution in [1.82, 2.24) is 10.7 Å². The van der Waals surface area contributed by atoms with Gasteiger partial charge in [-0.25, -0.2) is 5.43 Å². The number of hydrogen-bond acceptors (Lipinski definition) is 7. The van der Waals surface area contributed by atoms with Gasteiger partial charge in [0.25, 0.3) is 5.91 Å². The van der Waals surface area contributed by atoms with E-state index in [1.165, 1.54) is 253 Å². The summed E-state index contributed by atoms with van der Waals surface area (Å²) in [4.78, 5) is 26.5. The van der Waals surface area contributed by atoms with E-state index >= 15 is 0 Å². The van der Waals surface area contributed by atoms with Crippen molar-refractivity contribution >= 4 is 17.6 Å².